The van der Waals surface area contributed by atoms with E-state index in [0.717, 1.165) is 44.1 Å². The fourth-order valence-electron chi connectivity index (χ4n) is 2.00. The summed E-state index contributed by atoms with van der Waals surface area (Å²) in [6, 6.07) is 7.08. The Kier molecular flexibility index (Phi) is 7.80. The molecule has 20 heavy (non-hydrogen) atoms. The number of aliphatic hydroxyl groups is 1. The highest BCUT2D eigenvalue weighted by molar-refractivity contribution is 7.89. The van der Waals surface area contributed by atoms with Gasteiger partial charge in [0.25, 0.3) is 0 Å². The molecule has 1 rings (SSSR count). The van der Waals surface area contributed by atoms with Gasteiger partial charge in [-0.25, -0.2) is 13.1 Å². The monoisotopic (exact) mass is 299 g/mol. The third-order valence-corrected chi connectivity index (χ3v) is 4.63. The lowest BCUT2D eigenvalue weighted by molar-refractivity contribution is 0.282. The molecule has 0 aliphatic carbocycles. The Hall–Kier alpha value is -0.910. The average Bonchev–Trinajstić information content (AvgIpc) is 2.44. The lowest BCUT2D eigenvalue weighted by Crippen LogP contribution is -2.24. The van der Waals surface area contributed by atoms with Crippen molar-refractivity contribution in [2.45, 2.75) is 50.3 Å². The molecule has 0 saturated carbocycles. The number of benzene rings is 1. The van der Waals surface area contributed by atoms with Gasteiger partial charge in [-0.15, -0.1) is 0 Å². The second-order valence-corrected chi connectivity index (χ2v) is 6.70. The van der Waals surface area contributed by atoms with Crippen LogP contribution in [0.2, 0.25) is 0 Å². The minimum Gasteiger partial charge on any atom is -0.396 e. The molecule has 0 aliphatic rings. The normalized spacial score (nSPS) is 11.7. The van der Waals surface area contributed by atoms with Crippen molar-refractivity contribution in [1.82, 2.24) is 4.72 Å². The average molecular weight is 299 g/mol. The Morgan fingerprint density at radius 1 is 1.05 bits per heavy atom. The highest BCUT2D eigenvalue weighted by Gasteiger charge is 2.12. The Bertz CT molecular complexity index is 468. The first-order valence-electron chi connectivity index (χ1n) is 7.29. The smallest absolute Gasteiger partial charge is 0.240 e. The molecule has 0 amide bonds. The van der Waals surface area contributed by atoms with E-state index in [4.69, 9.17) is 5.11 Å². The molecule has 0 fully saturated rings. The maximum atomic E-state index is 12.0. The molecule has 4 nitrogen and oxygen atoms in total. The summed E-state index contributed by atoms with van der Waals surface area (Å²) >= 11 is 0. The Labute approximate surface area is 122 Å². The van der Waals surface area contributed by atoms with Crippen LogP contribution in [-0.2, 0) is 16.4 Å². The van der Waals surface area contributed by atoms with Crippen molar-refractivity contribution in [2.24, 2.45) is 0 Å². The first kappa shape index (κ1) is 17.1. The maximum Gasteiger partial charge on any atom is 0.240 e. The van der Waals surface area contributed by atoms with Crippen LogP contribution in [0.3, 0.4) is 0 Å². The fourth-order valence-corrected chi connectivity index (χ4v) is 3.08. The molecular formula is C15H25NO3S. The molecule has 1 aromatic carbocycles. The molecule has 0 unspecified atom stereocenters. The number of rotatable bonds is 10. The van der Waals surface area contributed by atoms with E-state index < -0.39 is 10.0 Å². The van der Waals surface area contributed by atoms with Crippen molar-refractivity contribution in [2.75, 3.05) is 13.2 Å². The first-order valence-corrected chi connectivity index (χ1v) is 8.78. The van der Waals surface area contributed by atoms with Gasteiger partial charge >= 0.3 is 0 Å². The fraction of sp³-hybridized carbons (Fsp3) is 0.600. The van der Waals surface area contributed by atoms with Crippen molar-refractivity contribution in [1.29, 1.82) is 0 Å². The van der Waals surface area contributed by atoms with Gasteiger partial charge in [0.05, 0.1) is 4.90 Å². The SMILES string of the molecule is CCCc1ccc(S(=O)(=O)NCCCCCCO)cc1. The van der Waals surface area contributed by atoms with E-state index >= 15 is 0 Å². The van der Waals surface area contributed by atoms with Gasteiger partial charge in [0, 0.05) is 13.2 Å². The van der Waals surface area contributed by atoms with Gasteiger partial charge in [0.15, 0.2) is 0 Å². The summed E-state index contributed by atoms with van der Waals surface area (Å²) in [7, 11) is -3.38. The molecule has 2 N–H and O–H groups in total. The zero-order valence-corrected chi connectivity index (χ0v) is 13.0. The van der Waals surface area contributed by atoms with Gasteiger partial charge in [0.2, 0.25) is 10.0 Å². The summed E-state index contributed by atoms with van der Waals surface area (Å²) in [5, 5.41) is 8.65. The molecular weight excluding hydrogens is 274 g/mol. The number of aryl methyl sites for hydroxylation is 1. The van der Waals surface area contributed by atoms with Crippen molar-refractivity contribution in [3.63, 3.8) is 0 Å². The second-order valence-electron chi connectivity index (χ2n) is 4.93. The van der Waals surface area contributed by atoms with Crippen LogP contribution in [0.4, 0.5) is 0 Å². The molecule has 0 aliphatic heterocycles. The third-order valence-electron chi connectivity index (χ3n) is 3.15. The minimum absolute atomic E-state index is 0.204. The van der Waals surface area contributed by atoms with Crippen molar-refractivity contribution in [3.05, 3.63) is 29.8 Å². The minimum atomic E-state index is -3.38. The van der Waals surface area contributed by atoms with Crippen LogP contribution in [0.25, 0.3) is 0 Å². The second kappa shape index (κ2) is 9.10. The van der Waals surface area contributed by atoms with Gasteiger partial charge < -0.3 is 5.11 Å². The van der Waals surface area contributed by atoms with E-state index in [1.165, 1.54) is 0 Å². The van der Waals surface area contributed by atoms with Crippen LogP contribution < -0.4 is 4.72 Å². The number of hydrogen-bond donors (Lipinski definition) is 2. The van der Waals surface area contributed by atoms with Crippen LogP contribution in [0.5, 0.6) is 0 Å². The highest BCUT2D eigenvalue weighted by atomic mass is 32.2. The van der Waals surface area contributed by atoms with E-state index in [-0.39, 0.29) is 6.61 Å². The van der Waals surface area contributed by atoms with Gasteiger partial charge in [-0.2, -0.15) is 0 Å². The molecule has 0 aromatic heterocycles. The summed E-state index contributed by atoms with van der Waals surface area (Å²) in [6.45, 7) is 2.75. The van der Waals surface area contributed by atoms with Gasteiger partial charge in [-0.05, 0) is 37.0 Å². The molecule has 0 saturated heterocycles. The number of sulfonamides is 1. The molecule has 5 heteroatoms. The first-order chi connectivity index (χ1) is 9.60. The predicted octanol–water partition coefficient (Wildman–Crippen LogP) is 2.47. The third kappa shape index (κ3) is 6.03. The van der Waals surface area contributed by atoms with Gasteiger partial charge in [-0.1, -0.05) is 38.3 Å². The Morgan fingerprint density at radius 2 is 1.70 bits per heavy atom. The molecule has 0 bridgehead atoms. The molecule has 0 spiro atoms. The Balaban J connectivity index is 2.43. The van der Waals surface area contributed by atoms with Crippen LogP contribution in [0, 0.1) is 0 Å². The summed E-state index contributed by atoms with van der Waals surface area (Å²) in [5.74, 6) is 0. The number of aliphatic hydroxyl groups excluding tert-OH is 1. The number of unbranched alkanes of at least 4 members (excludes halogenated alkanes) is 3. The van der Waals surface area contributed by atoms with E-state index in [2.05, 4.69) is 11.6 Å². The summed E-state index contributed by atoms with van der Waals surface area (Å²) in [5.41, 5.74) is 1.16. The van der Waals surface area contributed by atoms with Crippen LogP contribution >= 0.6 is 0 Å². The van der Waals surface area contributed by atoms with Crippen LogP contribution in [0.15, 0.2) is 29.2 Å². The Morgan fingerprint density at radius 3 is 2.30 bits per heavy atom. The standard InChI is InChI=1S/C15H25NO3S/c1-2-7-14-8-10-15(11-9-14)20(18,19)16-12-5-3-4-6-13-17/h8-11,16-17H,2-7,12-13H2,1H3. The van der Waals surface area contributed by atoms with E-state index in [1.54, 1.807) is 12.1 Å². The summed E-state index contributed by atoms with van der Waals surface area (Å²) in [6.07, 6.45) is 5.47. The van der Waals surface area contributed by atoms with Crippen molar-refractivity contribution in [3.8, 4) is 0 Å². The number of nitrogens with one attached hydrogen (secondary N) is 1. The summed E-state index contributed by atoms with van der Waals surface area (Å²) in [4.78, 5) is 0.327. The quantitative estimate of drug-likeness (QED) is 0.652. The van der Waals surface area contributed by atoms with Crippen LogP contribution in [-0.4, -0.2) is 26.7 Å². The van der Waals surface area contributed by atoms with E-state index in [9.17, 15) is 8.42 Å². The topological polar surface area (TPSA) is 66.4 Å². The number of hydrogen-bond acceptors (Lipinski definition) is 3. The molecule has 0 atom stereocenters. The molecule has 114 valence electrons. The zero-order valence-electron chi connectivity index (χ0n) is 12.1. The van der Waals surface area contributed by atoms with Crippen LogP contribution in [0.1, 0.15) is 44.6 Å². The van der Waals surface area contributed by atoms with Crippen molar-refractivity contribution < 1.29 is 13.5 Å². The predicted molar refractivity (Wildman–Crippen MR) is 81.2 cm³/mol. The highest BCUT2D eigenvalue weighted by Crippen LogP contribution is 2.12. The van der Waals surface area contributed by atoms with E-state index in [1.807, 2.05) is 12.1 Å². The lowest BCUT2D eigenvalue weighted by atomic mass is 10.1. The largest absolute Gasteiger partial charge is 0.396 e. The lowest BCUT2D eigenvalue weighted by Gasteiger charge is -2.07. The maximum absolute atomic E-state index is 12.0. The molecule has 0 heterocycles. The van der Waals surface area contributed by atoms with Crippen molar-refractivity contribution >= 4 is 10.0 Å². The molecule has 0 radical (unpaired) electrons. The summed E-state index contributed by atoms with van der Waals surface area (Å²) < 4.78 is 26.7. The van der Waals surface area contributed by atoms with E-state index in [0.29, 0.717) is 11.4 Å². The van der Waals surface area contributed by atoms with Gasteiger partial charge in [-0.3, -0.25) is 0 Å². The molecule has 1 aromatic rings. The van der Waals surface area contributed by atoms with Gasteiger partial charge in [0.1, 0.15) is 0 Å². The zero-order chi connectivity index (χ0) is 14.8.